The third-order valence-corrected chi connectivity index (χ3v) is 2.37. The number of ether oxygens (including phenoxy) is 1. The lowest BCUT2D eigenvalue weighted by Gasteiger charge is -2.07. The molecule has 0 saturated carbocycles. The molecule has 0 atom stereocenters. The van der Waals surface area contributed by atoms with Crippen molar-refractivity contribution >= 4 is 11.0 Å². The van der Waals surface area contributed by atoms with Crippen molar-refractivity contribution in [1.82, 2.24) is 9.55 Å². The zero-order chi connectivity index (χ0) is 10.8. The van der Waals surface area contributed by atoms with E-state index in [0.29, 0.717) is 6.54 Å². The van der Waals surface area contributed by atoms with E-state index < -0.39 is 0 Å². The molecular formula is C11H12N2O2. The van der Waals surface area contributed by atoms with Crippen LogP contribution in [0, 0.1) is 0 Å². The van der Waals surface area contributed by atoms with Crippen LogP contribution in [-0.4, -0.2) is 16.7 Å². The summed E-state index contributed by atoms with van der Waals surface area (Å²) < 4.78 is 6.78. The molecule has 1 heterocycles. The Balaban J connectivity index is 2.78. The van der Waals surface area contributed by atoms with Crippen LogP contribution in [0.25, 0.3) is 11.0 Å². The fraction of sp³-hybridized carbons (Fsp3) is 0.273. The lowest BCUT2D eigenvalue weighted by Crippen LogP contribution is -2.19. The number of rotatable bonds is 2. The molecule has 0 radical (unpaired) electrons. The third-order valence-electron chi connectivity index (χ3n) is 2.37. The highest BCUT2D eigenvalue weighted by Crippen LogP contribution is 2.17. The van der Waals surface area contributed by atoms with E-state index in [1.807, 2.05) is 25.1 Å². The molecule has 78 valence electrons. The van der Waals surface area contributed by atoms with Crippen molar-refractivity contribution in [2.75, 3.05) is 7.11 Å². The summed E-state index contributed by atoms with van der Waals surface area (Å²) in [6.45, 7) is 2.58. The van der Waals surface area contributed by atoms with E-state index in [4.69, 9.17) is 4.74 Å². The van der Waals surface area contributed by atoms with Gasteiger partial charge in [-0.25, -0.2) is 4.98 Å². The summed E-state index contributed by atoms with van der Waals surface area (Å²) in [6.07, 6.45) is 1.34. The zero-order valence-electron chi connectivity index (χ0n) is 8.73. The summed E-state index contributed by atoms with van der Waals surface area (Å²) in [4.78, 5) is 15.6. The van der Waals surface area contributed by atoms with Gasteiger partial charge in [0.2, 0.25) is 0 Å². The second kappa shape index (κ2) is 3.73. The smallest absolute Gasteiger partial charge is 0.269 e. The van der Waals surface area contributed by atoms with Crippen LogP contribution in [0.1, 0.15) is 6.92 Å². The molecule has 0 fully saturated rings. The molecule has 0 spiro atoms. The van der Waals surface area contributed by atoms with Gasteiger partial charge in [-0.2, -0.15) is 0 Å². The van der Waals surface area contributed by atoms with Crippen molar-refractivity contribution in [2.45, 2.75) is 13.5 Å². The molecule has 1 aromatic heterocycles. The van der Waals surface area contributed by atoms with Gasteiger partial charge in [0.1, 0.15) is 5.75 Å². The summed E-state index contributed by atoms with van der Waals surface area (Å²) in [7, 11) is 1.61. The molecule has 0 unspecified atom stereocenters. The van der Waals surface area contributed by atoms with Crippen LogP contribution in [0.2, 0.25) is 0 Å². The van der Waals surface area contributed by atoms with E-state index in [9.17, 15) is 4.79 Å². The summed E-state index contributed by atoms with van der Waals surface area (Å²) >= 11 is 0. The summed E-state index contributed by atoms with van der Waals surface area (Å²) in [5, 5.41) is 0. The van der Waals surface area contributed by atoms with Crippen molar-refractivity contribution in [3.05, 3.63) is 34.7 Å². The van der Waals surface area contributed by atoms with Gasteiger partial charge < -0.3 is 9.30 Å². The van der Waals surface area contributed by atoms with Gasteiger partial charge in [-0.1, -0.05) is 0 Å². The Labute approximate surface area is 87.1 Å². The highest BCUT2D eigenvalue weighted by molar-refractivity contribution is 5.76. The molecule has 0 N–H and O–H groups in total. The molecule has 0 aliphatic heterocycles. The maximum atomic E-state index is 11.5. The first-order valence-corrected chi connectivity index (χ1v) is 4.80. The third kappa shape index (κ3) is 1.58. The monoisotopic (exact) mass is 204 g/mol. The largest absolute Gasteiger partial charge is 0.497 e. The molecule has 4 heteroatoms. The molecule has 1 aromatic carbocycles. The predicted molar refractivity (Wildman–Crippen MR) is 58.2 cm³/mol. The number of methoxy groups -OCH3 is 1. The average Bonchev–Trinajstić information content (AvgIpc) is 2.28. The number of fused-ring (bicyclic) bond motifs is 1. The lowest BCUT2D eigenvalue weighted by molar-refractivity contribution is 0.415. The molecule has 0 aliphatic rings. The van der Waals surface area contributed by atoms with Gasteiger partial charge in [-0.15, -0.1) is 0 Å². The molecule has 2 aromatic rings. The second-order valence-corrected chi connectivity index (χ2v) is 3.20. The Morgan fingerprint density at radius 1 is 1.47 bits per heavy atom. The number of aromatic nitrogens is 2. The summed E-state index contributed by atoms with van der Waals surface area (Å²) in [5.41, 5.74) is 1.54. The van der Waals surface area contributed by atoms with E-state index in [2.05, 4.69) is 4.98 Å². The minimum Gasteiger partial charge on any atom is -0.497 e. The van der Waals surface area contributed by atoms with Crippen LogP contribution in [0.3, 0.4) is 0 Å². The normalized spacial score (nSPS) is 10.5. The first kappa shape index (κ1) is 9.71. The van der Waals surface area contributed by atoms with E-state index >= 15 is 0 Å². The highest BCUT2D eigenvalue weighted by atomic mass is 16.5. The minimum absolute atomic E-state index is 0.0739. The van der Waals surface area contributed by atoms with E-state index in [1.165, 1.54) is 6.20 Å². The quantitative estimate of drug-likeness (QED) is 0.743. The van der Waals surface area contributed by atoms with Gasteiger partial charge in [0, 0.05) is 12.6 Å². The molecule has 15 heavy (non-hydrogen) atoms. The average molecular weight is 204 g/mol. The minimum atomic E-state index is -0.0739. The Morgan fingerprint density at radius 3 is 2.93 bits per heavy atom. The second-order valence-electron chi connectivity index (χ2n) is 3.20. The van der Waals surface area contributed by atoms with Gasteiger partial charge in [-0.3, -0.25) is 4.79 Å². The first-order chi connectivity index (χ1) is 7.26. The van der Waals surface area contributed by atoms with Gasteiger partial charge >= 0.3 is 0 Å². The van der Waals surface area contributed by atoms with Crippen molar-refractivity contribution in [1.29, 1.82) is 0 Å². The Kier molecular flexibility index (Phi) is 2.41. The van der Waals surface area contributed by atoms with Gasteiger partial charge in [0.15, 0.2) is 0 Å². The lowest BCUT2D eigenvalue weighted by atomic mass is 10.2. The number of aryl methyl sites for hydroxylation is 1. The maximum Gasteiger partial charge on any atom is 0.269 e. The van der Waals surface area contributed by atoms with Crippen molar-refractivity contribution in [3.63, 3.8) is 0 Å². The standard InChI is InChI=1S/C11H12N2O2/c1-3-13-10-5-4-8(15-2)6-9(10)12-7-11(13)14/h4-7H,3H2,1-2H3. The van der Waals surface area contributed by atoms with Crippen molar-refractivity contribution in [2.24, 2.45) is 0 Å². The van der Waals surface area contributed by atoms with Crippen LogP contribution < -0.4 is 10.3 Å². The number of benzene rings is 1. The van der Waals surface area contributed by atoms with Crippen LogP contribution in [0.15, 0.2) is 29.2 Å². The molecule has 0 aliphatic carbocycles. The van der Waals surface area contributed by atoms with Gasteiger partial charge in [-0.05, 0) is 19.1 Å². The number of hydrogen-bond acceptors (Lipinski definition) is 3. The number of hydrogen-bond donors (Lipinski definition) is 0. The highest BCUT2D eigenvalue weighted by Gasteiger charge is 2.03. The zero-order valence-corrected chi connectivity index (χ0v) is 8.73. The molecule has 0 saturated heterocycles. The molecule has 0 amide bonds. The molecule has 4 nitrogen and oxygen atoms in total. The number of nitrogens with zero attached hydrogens (tertiary/aromatic N) is 2. The Bertz CT molecular complexity index is 546. The Hall–Kier alpha value is -1.84. The Morgan fingerprint density at radius 2 is 2.27 bits per heavy atom. The fourth-order valence-electron chi connectivity index (χ4n) is 1.60. The maximum absolute atomic E-state index is 11.5. The fourth-order valence-corrected chi connectivity index (χ4v) is 1.60. The SMILES string of the molecule is CCn1c(=O)cnc2cc(OC)ccc21. The predicted octanol–water partition coefficient (Wildman–Crippen LogP) is 1.42. The van der Waals surface area contributed by atoms with Crippen LogP contribution in [0.5, 0.6) is 5.75 Å². The topological polar surface area (TPSA) is 44.1 Å². The van der Waals surface area contributed by atoms with Gasteiger partial charge in [0.05, 0.1) is 24.3 Å². The molecule has 2 rings (SSSR count). The van der Waals surface area contributed by atoms with E-state index in [0.717, 1.165) is 16.8 Å². The summed E-state index contributed by atoms with van der Waals surface area (Å²) in [5.74, 6) is 0.747. The van der Waals surface area contributed by atoms with Crippen molar-refractivity contribution < 1.29 is 4.74 Å². The van der Waals surface area contributed by atoms with E-state index in [1.54, 1.807) is 11.7 Å². The van der Waals surface area contributed by atoms with Crippen LogP contribution in [0.4, 0.5) is 0 Å². The van der Waals surface area contributed by atoms with E-state index in [-0.39, 0.29) is 5.56 Å². The van der Waals surface area contributed by atoms with Crippen LogP contribution in [-0.2, 0) is 6.54 Å². The molecule has 0 bridgehead atoms. The summed E-state index contributed by atoms with van der Waals surface area (Å²) in [6, 6.07) is 5.50. The van der Waals surface area contributed by atoms with Crippen LogP contribution >= 0.6 is 0 Å². The van der Waals surface area contributed by atoms with Gasteiger partial charge in [0.25, 0.3) is 5.56 Å². The molecular weight excluding hydrogens is 192 g/mol. The first-order valence-electron chi connectivity index (χ1n) is 4.80. The van der Waals surface area contributed by atoms with Crippen molar-refractivity contribution in [3.8, 4) is 5.75 Å².